The van der Waals surface area contributed by atoms with Gasteiger partial charge in [0, 0.05) is 5.41 Å². The van der Waals surface area contributed by atoms with E-state index < -0.39 is 27.6 Å². The van der Waals surface area contributed by atoms with Gasteiger partial charge in [0.05, 0.1) is 23.2 Å². The second-order valence-electron chi connectivity index (χ2n) is 7.46. The van der Waals surface area contributed by atoms with Crippen LogP contribution in [0.4, 0.5) is 0 Å². The quantitative estimate of drug-likeness (QED) is 0.496. The third-order valence-corrected chi connectivity index (χ3v) is 5.53. The van der Waals surface area contributed by atoms with E-state index in [0.29, 0.717) is 5.56 Å². The highest BCUT2D eigenvalue weighted by Crippen LogP contribution is 2.32. The lowest BCUT2D eigenvalue weighted by Crippen LogP contribution is -2.41. The molecule has 0 heterocycles. The molecular formula is C21H26O5S. The number of ether oxygens (including phenoxy) is 1. The summed E-state index contributed by atoms with van der Waals surface area (Å²) < 4.78 is 36.2. The lowest BCUT2D eigenvalue weighted by Gasteiger charge is -2.35. The molecule has 146 valence electrons. The largest absolute Gasteiger partial charge is 0.461 e. The topological polar surface area (TPSA) is 69.7 Å². The maximum absolute atomic E-state index is 12.6. The van der Waals surface area contributed by atoms with Crippen LogP contribution < -0.4 is 0 Å². The number of benzene rings is 2. The summed E-state index contributed by atoms with van der Waals surface area (Å²) in [5.41, 5.74) is -0.257. The Kier molecular flexibility index (Phi) is 6.78. The molecule has 0 saturated heterocycles. The van der Waals surface area contributed by atoms with Crippen LogP contribution in [0.5, 0.6) is 0 Å². The van der Waals surface area contributed by atoms with Crippen LogP contribution >= 0.6 is 0 Å². The summed E-state index contributed by atoms with van der Waals surface area (Å²) in [5, 5.41) is 0. The van der Waals surface area contributed by atoms with E-state index in [1.54, 1.807) is 42.5 Å². The molecule has 0 amide bonds. The summed E-state index contributed by atoms with van der Waals surface area (Å²) in [4.78, 5) is 12.3. The lowest BCUT2D eigenvalue weighted by molar-refractivity contribution is -0.0171. The SMILES string of the molecule is CC(C)C(OS(=O)(=O)c1ccccc1)C(C)(C)COC(=O)c1ccccc1. The highest BCUT2D eigenvalue weighted by molar-refractivity contribution is 7.86. The van der Waals surface area contributed by atoms with Crippen molar-refractivity contribution in [3.05, 3.63) is 66.2 Å². The minimum absolute atomic E-state index is 0.0356. The summed E-state index contributed by atoms with van der Waals surface area (Å²) in [6.45, 7) is 7.46. The molecule has 0 saturated carbocycles. The molecule has 0 aromatic heterocycles. The van der Waals surface area contributed by atoms with Crippen molar-refractivity contribution in [2.75, 3.05) is 6.61 Å². The second kappa shape index (κ2) is 8.67. The minimum atomic E-state index is -3.92. The van der Waals surface area contributed by atoms with Crippen molar-refractivity contribution < 1.29 is 22.1 Å². The Morgan fingerprint density at radius 1 is 0.963 bits per heavy atom. The van der Waals surface area contributed by atoms with E-state index >= 15 is 0 Å². The molecule has 0 N–H and O–H groups in total. The normalized spacial score (nSPS) is 13.4. The number of carbonyl (C=O) groups excluding carboxylic acids is 1. The molecule has 0 aliphatic heterocycles. The minimum Gasteiger partial charge on any atom is -0.461 e. The summed E-state index contributed by atoms with van der Waals surface area (Å²) in [6, 6.07) is 16.7. The van der Waals surface area contributed by atoms with Gasteiger partial charge in [-0.25, -0.2) is 4.79 Å². The van der Waals surface area contributed by atoms with Gasteiger partial charge in [0.15, 0.2) is 0 Å². The fourth-order valence-corrected chi connectivity index (χ4v) is 4.27. The highest BCUT2D eigenvalue weighted by atomic mass is 32.2. The van der Waals surface area contributed by atoms with Gasteiger partial charge in [-0.1, -0.05) is 64.1 Å². The molecule has 1 atom stereocenters. The molecule has 2 aromatic carbocycles. The fraction of sp³-hybridized carbons (Fsp3) is 0.381. The molecule has 0 radical (unpaired) electrons. The van der Waals surface area contributed by atoms with E-state index in [-0.39, 0.29) is 17.4 Å². The van der Waals surface area contributed by atoms with Crippen LogP contribution in [0.3, 0.4) is 0 Å². The first-order valence-corrected chi connectivity index (χ1v) is 10.2. The zero-order chi connectivity index (χ0) is 20.1. The van der Waals surface area contributed by atoms with Gasteiger partial charge in [0.1, 0.15) is 0 Å². The van der Waals surface area contributed by atoms with Crippen molar-refractivity contribution in [1.29, 1.82) is 0 Å². The van der Waals surface area contributed by atoms with Crippen LogP contribution in [0.25, 0.3) is 0 Å². The monoisotopic (exact) mass is 390 g/mol. The van der Waals surface area contributed by atoms with Crippen molar-refractivity contribution in [1.82, 2.24) is 0 Å². The molecule has 0 bridgehead atoms. The van der Waals surface area contributed by atoms with Crippen LogP contribution in [0.2, 0.25) is 0 Å². The predicted molar refractivity (Wildman–Crippen MR) is 104 cm³/mol. The van der Waals surface area contributed by atoms with Crippen molar-refractivity contribution >= 4 is 16.1 Å². The summed E-state index contributed by atoms with van der Waals surface area (Å²) in [6.07, 6.45) is -0.661. The van der Waals surface area contributed by atoms with Gasteiger partial charge in [-0.15, -0.1) is 0 Å². The van der Waals surface area contributed by atoms with Gasteiger partial charge in [0.25, 0.3) is 10.1 Å². The summed E-state index contributed by atoms with van der Waals surface area (Å²) >= 11 is 0. The van der Waals surface area contributed by atoms with E-state index in [4.69, 9.17) is 8.92 Å². The molecule has 27 heavy (non-hydrogen) atoms. The Morgan fingerprint density at radius 2 is 1.48 bits per heavy atom. The molecule has 0 aliphatic carbocycles. The Labute approximate surface area is 161 Å². The molecule has 2 rings (SSSR count). The molecule has 2 aromatic rings. The molecule has 0 fully saturated rings. The third kappa shape index (κ3) is 5.65. The van der Waals surface area contributed by atoms with E-state index in [0.717, 1.165) is 0 Å². The molecule has 5 nitrogen and oxygen atoms in total. The number of esters is 1. The van der Waals surface area contributed by atoms with Gasteiger partial charge >= 0.3 is 5.97 Å². The Morgan fingerprint density at radius 3 is 2.00 bits per heavy atom. The average molecular weight is 391 g/mol. The van der Waals surface area contributed by atoms with Crippen LogP contribution in [0.1, 0.15) is 38.1 Å². The highest BCUT2D eigenvalue weighted by Gasteiger charge is 2.38. The van der Waals surface area contributed by atoms with E-state index in [2.05, 4.69) is 0 Å². The van der Waals surface area contributed by atoms with Crippen molar-refractivity contribution in [3.63, 3.8) is 0 Å². The Balaban J connectivity index is 2.13. The molecular weight excluding hydrogens is 364 g/mol. The van der Waals surface area contributed by atoms with E-state index in [1.165, 1.54) is 12.1 Å². The van der Waals surface area contributed by atoms with Gasteiger partial charge in [-0.3, -0.25) is 4.18 Å². The first-order valence-electron chi connectivity index (χ1n) is 8.84. The summed E-state index contributed by atoms with van der Waals surface area (Å²) in [5.74, 6) is -0.550. The summed E-state index contributed by atoms with van der Waals surface area (Å²) in [7, 11) is -3.92. The predicted octanol–water partition coefficient (Wildman–Crippen LogP) is 4.30. The number of hydrogen-bond acceptors (Lipinski definition) is 5. The van der Waals surface area contributed by atoms with Gasteiger partial charge in [0.2, 0.25) is 0 Å². The standard InChI is InChI=1S/C21H26O5S/c1-16(2)19(26-27(23,24)18-13-9-6-10-14-18)21(3,4)15-25-20(22)17-11-7-5-8-12-17/h5-14,16,19H,15H2,1-4H3. The zero-order valence-electron chi connectivity index (χ0n) is 16.1. The van der Waals surface area contributed by atoms with Crippen LogP contribution in [-0.4, -0.2) is 27.1 Å². The van der Waals surface area contributed by atoms with Gasteiger partial charge in [-0.2, -0.15) is 8.42 Å². The van der Waals surface area contributed by atoms with Crippen molar-refractivity contribution in [2.45, 2.75) is 38.7 Å². The van der Waals surface area contributed by atoms with Crippen molar-refractivity contribution in [3.8, 4) is 0 Å². The van der Waals surface area contributed by atoms with Crippen LogP contribution in [-0.2, 0) is 19.0 Å². The van der Waals surface area contributed by atoms with E-state index in [1.807, 2.05) is 33.8 Å². The van der Waals surface area contributed by atoms with E-state index in [9.17, 15) is 13.2 Å². The maximum atomic E-state index is 12.6. The lowest BCUT2D eigenvalue weighted by atomic mass is 9.81. The smallest absolute Gasteiger partial charge is 0.338 e. The molecule has 1 unspecified atom stereocenters. The molecule has 6 heteroatoms. The number of hydrogen-bond donors (Lipinski definition) is 0. The third-order valence-electron chi connectivity index (χ3n) is 4.22. The number of carbonyl (C=O) groups is 1. The first-order chi connectivity index (χ1) is 12.6. The Hall–Kier alpha value is -2.18. The second-order valence-corrected chi connectivity index (χ2v) is 9.03. The van der Waals surface area contributed by atoms with Gasteiger partial charge < -0.3 is 4.74 Å². The number of rotatable bonds is 8. The van der Waals surface area contributed by atoms with Gasteiger partial charge in [-0.05, 0) is 30.2 Å². The first kappa shape index (κ1) is 21.1. The zero-order valence-corrected chi connectivity index (χ0v) is 16.9. The van der Waals surface area contributed by atoms with Crippen molar-refractivity contribution in [2.24, 2.45) is 11.3 Å². The van der Waals surface area contributed by atoms with Crippen LogP contribution in [0.15, 0.2) is 65.6 Å². The molecule has 0 spiro atoms. The Bertz CT molecular complexity index is 843. The fourth-order valence-electron chi connectivity index (χ4n) is 2.91. The average Bonchev–Trinajstić information content (AvgIpc) is 2.65. The molecule has 0 aliphatic rings. The maximum Gasteiger partial charge on any atom is 0.338 e. The van der Waals surface area contributed by atoms with Crippen LogP contribution in [0, 0.1) is 11.3 Å².